The van der Waals surface area contributed by atoms with E-state index >= 15 is 0 Å². The molecule has 1 N–H and O–H groups in total. The number of rotatable bonds is 5. The summed E-state index contributed by atoms with van der Waals surface area (Å²) in [5.74, 6) is 1.23. The fraction of sp³-hybridized carbons (Fsp3) is 0.0909. The molecule has 140 valence electrons. The van der Waals surface area contributed by atoms with Crippen molar-refractivity contribution < 1.29 is 13.9 Å². The summed E-state index contributed by atoms with van der Waals surface area (Å²) in [5, 5.41) is 12.1. The summed E-state index contributed by atoms with van der Waals surface area (Å²) in [5.41, 5.74) is 2.53. The van der Waals surface area contributed by atoms with Gasteiger partial charge in [0.05, 0.1) is 7.11 Å². The Morgan fingerprint density at radius 2 is 1.93 bits per heavy atom. The van der Waals surface area contributed by atoms with Crippen LogP contribution in [0.5, 0.6) is 5.75 Å². The highest BCUT2D eigenvalue weighted by atomic mass is 79.9. The predicted molar refractivity (Wildman–Crippen MR) is 112 cm³/mol. The third kappa shape index (κ3) is 4.51. The molecule has 0 saturated carbocycles. The van der Waals surface area contributed by atoms with Crippen molar-refractivity contribution in [3.8, 4) is 23.1 Å². The fourth-order valence-electron chi connectivity index (χ4n) is 2.56. The van der Waals surface area contributed by atoms with Gasteiger partial charge >= 0.3 is 0 Å². The number of benzene rings is 2. The van der Waals surface area contributed by atoms with Crippen LogP contribution in [0.2, 0.25) is 0 Å². The van der Waals surface area contributed by atoms with Crippen LogP contribution >= 0.6 is 15.9 Å². The smallest absolute Gasteiger partial charge is 0.266 e. The lowest BCUT2D eigenvalue weighted by molar-refractivity contribution is -0.112. The third-order valence-corrected chi connectivity index (χ3v) is 4.67. The molecule has 0 unspecified atom stereocenters. The van der Waals surface area contributed by atoms with Crippen LogP contribution in [0.15, 0.2) is 69.1 Å². The summed E-state index contributed by atoms with van der Waals surface area (Å²) in [4.78, 5) is 12.4. The molecule has 1 amide bonds. The quantitative estimate of drug-likeness (QED) is 0.418. The Balaban J connectivity index is 1.79. The maximum absolute atomic E-state index is 12.4. The van der Waals surface area contributed by atoms with Gasteiger partial charge in [0.25, 0.3) is 5.91 Å². The van der Waals surface area contributed by atoms with Gasteiger partial charge in [0.2, 0.25) is 0 Å². The van der Waals surface area contributed by atoms with E-state index in [0.717, 1.165) is 15.6 Å². The van der Waals surface area contributed by atoms with E-state index < -0.39 is 5.91 Å². The zero-order valence-corrected chi connectivity index (χ0v) is 16.9. The van der Waals surface area contributed by atoms with Gasteiger partial charge in [-0.05, 0) is 61.0 Å². The second-order valence-electron chi connectivity index (χ2n) is 6.04. The molecular formula is C22H17BrN2O3. The molecule has 0 aliphatic rings. The van der Waals surface area contributed by atoms with Crippen molar-refractivity contribution in [2.75, 3.05) is 12.4 Å². The highest BCUT2D eigenvalue weighted by Crippen LogP contribution is 2.31. The highest BCUT2D eigenvalue weighted by molar-refractivity contribution is 9.10. The van der Waals surface area contributed by atoms with E-state index in [1.165, 1.54) is 6.08 Å². The van der Waals surface area contributed by atoms with E-state index in [0.29, 0.717) is 23.0 Å². The number of halogens is 1. The number of hydrogen-bond acceptors (Lipinski definition) is 4. The Hall–Kier alpha value is -3.30. The number of aryl methyl sites for hydroxylation is 1. The zero-order valence-electron chi connectivity index (χ0n) is 15.3. The summed E-state index contributed by atoms with van der Waals surface area (Å²) in [7, 11) is 1.57. The van der Waals surface area contributed by atoms with Crippen molar-refractivity contribution in [2.45, 2.75) is 6.92 Å². The van der Waals surface area contributed by atoms with Crippen LogP contribution in [0, 0.1) is 18.3 Å². The number of hydrogen-bond donors (Lipinski definition) is 1. The summed E-state index contributed by atoms with van der Waals surface area (Å²) >= 11 is 3.53. The largest absolute Gasteiger partial charge is 0.497 e. The standard InChI is InChI=1S/C22H17BrN2O3/c1-14-3-9-19(20(23)11-14)21-10-8-18(28-21)12-15(13-24)22(26)25-16-4-6-17(27-2)7-5-16/h3-12H,1-2H3,(H,25,26). The summed E-state index contributed by atoms with van der Waals surface area (Å²) < 4.78 is 11.8. The number of nitriles is 1. The molecular weight excluding hydrogens is 420 g/mol. The van der Waals surface area contributed by atoms with Gasteiger partial charge in [0.15, 0.2) is 0 Å². The normalized spacial score (nSPS) is 11.0. The van der Waals surface area contributed by atoms with E-state index in [1.54, 1.807) is 43.5 Å². The van der Waals surface area contributed by atoms with E-state index in [1.807, 2.05) is 31.2 Å². The number of ether oxygens (including phenoxy) is 1. The monoisotopic (exact) mass is 436 g/mol. The van der Waals surface area contributed by atoms with Gasteiger partial charge in [-0.25, -0.2) is 0 Å². The minimum absolute atomic E-state index is 0.0558. The molecule has 0 aliphatic heterocycles. The Kier molecular flexibility index (Phi) is 5.97. The number of carbonyl (C=O) groups excluding carboxylic acids is 1. The number of methoxy groups -OCH3 is 1. The predicted octanol–water partition coefficient (Wildman–Crippen LogP) is 5.57. The second-order valence-corrected chi connectivity index (χ2v) is 6.89. The van der Waals surface area contributed by atoms with Gasteiger partial charge in [0.1, 0.15) is 28.9 Å². The van der Waals surface area contributed by atoms with Gasteiger partial charge in [-0.3, -0.25) is 4.79 Å². The Morgan fingerprint density at radius 3 is 2.57 bits per heavy atom. The van der Waals surface area contributed by atoms with Gasteiger partial charge in [-0.1, -0.05) is 22.0 Å². The van der Waals surface area contributed by atoms with Crippen LogP contribution in [0.4, 0.5) is 5.69 Å². The molecule has 1 aromatic heterocycles. The molecule has 0 aliphatic carbocycles. The molecule has 0 fully saturated rings. The molecule has 6 heteroatoms. The zero-order chi connectivity index (χ0) is 20.1. The lowest BCUT2D eigenvalue weighted by atomic mass is 10.1. The van der Waals surface area contributed by atoms with Crippen molar-refractivity contribution in [3.63, 3.8) is 0 Å². The molecule has 28 heavy (non-hydrogen) atoms. The van der Waals surface area contributed by atoms with Crippen molar-refractivity contribution in [1.82, 2.24) is 0 Å². The van der Waals surface area contributed by atoms with Crippen LogP contribution < -0.4 is 10.1 Å². The van der Waals surface area contributed by atoms with Crippen LogP contribution in [-0.2, 0) is 4.79 Å². The van der Waals surface area contributed by atoms with Crippen molar-refractivity contribution in [2.24, 2.45) is 0 Å². The highest BCUT2D eigenvalue weighted by Gasteiger charge is 2.12. The number of amides is 1. The summed E-state index contributed by atoms with van der Waals surface area (Å²) in [6.45, 7) is 2.01. The van der Waals surface area contributed by atoms with E-state index in [-0.39, 0.29) is 5.57 Å². The minimum Gasteiger partial charge on any atom is -0.497 e. The molecule has 0 saturated heterocycles. The van der Waals surface area contributed by atoms with E-state index in [2.05, 4.69) is 21.2 Å². The molecule has 3 rings (SSSR count). The lowest BCUT2D eigenvalue weighted by Crippen LogP contribution is -2.13. The lowest BCUT2D eigenvalue weighted by Gasteiger charge is -2.05. The minimum atomic E-state index is -0.512. The molecule has 0 spiro atoms. The topological polar surface area (TPSA) is 75.3 Å². The van der Waals surface area contributed by atoms with Gasteiger partial charge in [0, 0.05) is 21.8 Å². The maximum atomic E-state index is 12.4. The Labute approximate surface area is 171 Å². The molecule has 0 bridgehead atoms. The number of carbonyl (C=O) groups is 1. The number of furan rings is 1. The molecule has 0 radical (unpaired) electrons. The van der Waals surface area contributed by atoms with E-state index in [4.69, 9.17) is 9.15 Å². The first-order chi connectivity index (χ1) is 13.5. The number of nitrogens with zero attached hydrogens (tertiary/aromatic N) is 1. The molecule has 2 aromatic carbocycles. The van der Waals surface area contributed by atoms with Crippen LogP contribution in [0.1, 0.15) is 11.3 Å². The second kappa shape index (κ2) is 8.59. The van der Waals surface area contributed by atoms with Gasteiger partial charge in [-0.2, -0.15) is 5.26 Å². The first-order valence-electron chi connectivity index (χ1n) is 8.43. The van der Waals surface area contributed by atoms with Crippen molar-refractivity contribution >= 4 is 33.6 Å². The first kappa shape index (κ1) is 19.5. The molecule has 5 nitrogen and oxygen atoms in total. The average molecular weight is 437 g/mol. The van der Waals surface area contributed by atoms with Gasteiger partial charge < -0.3 is 14.5 Å². The average Bonchev–Trinajstić information content (AvgIpc) is 3.15. The third-order valence-electron chi connectivity index (χ3n) is 4.02. The Bertz CT molecular complexity index is 1080. The summed E-state index contributed by atoms with van der Waals surface area (Å²) in [6.07, 6.45) is 1.42. The molecule has 3 aromatic rings. The maximum Gasteiger partial charge on any atom is 0.266 e. The SMILES string of the molecule is COc1ccc(NC(=O)C(C#N)=Cc2ccc(-c3ccc(C)cc3Br)o2)cc1. The first-order valence-corrected chi connectivity index (χ1v) is 9.23. The van der Waals surface area contributed by atoms with Crippen LogP contribution in [-0.4, -0.2) is 13.0 Å². The van der Waals surface area contributed by atoms with Crippen LogP contribution in [0.25, 0.3) is 17.4 Å². The molecule has 1 heterocycles. The Morgan fingerprint density at radius 1 is 1.18 bits per heavy atom. The van der Waals surface area contributed by atoms with Crippen molar-refractivity contribution in [3.05, 3.63) is 76.0 Å². The number of nitrogens with one attached hydrogen (secondary N) is 1. The van der Waals surface area contributed by atoms with Crippen molar-refractivity contribution in [1.29, 1.82) is 5.26 Å². The molecule has 0 atom stereocenters. The number of anilines is 1. The van der Waals surface area contributed by atoms with E-state index in [9.17, 15) is 10.1 Å². The van der Waals surface area contributed by atoms with Crippen LogP contribution in [0.3, 0.4) is 0 Å². The fourth-order valence-corrected chi connectivity index (χ4v) is 3.25. The van der Waals surface area contributed by atoms with Gasteiger partial charge in [-0.15, -0.1) is 0 Å². The summed E-state index contributed by atoms with van der Waals surface area (Å²) in [6, 6.07) is 18.2.